The van der Waals surface area contributed by atoms with Crippen molar-refractivity contribution in [2.24, 2.45) is 0 Å². The fourth-order valence-corrected chi connectivity index (χ4v) is 10.9. The third-order valence-corrected chi connectivity index (χ3v) is 16.9. The van der Waals surface area contributed by atoms with E-state index in [1.807, 2.05) is 27.2 Å². The highest BCUT2D eigenvalue weighted by atomic mass is 31.2. The summed E-state index contributed by atoms with van der Waals surface area (Å²) in [7, 11) is 1.21. The second kappa shape index (κ2) is 71.2. The lowest BCUT2D eigenvalue weighted by Gasteiger charge is -2.29. The van der Waals surface area contributed by atoms with Crippen LogP contribution in [0.25, 0.3) is 0 Å². The maximum Gasteiger partial charge on any atom is 0.268 e. The number of quaternary nitrogens is 1. The summed E-state index contributed by atoms with van der Waals surface area (Å²) in [5.74, 6) is -0.227. The van der Waals surface area contributed by atoms with Gasteiger partial charge in [0.25, 0.3) is 7.82 Å². The van der Waals surface area contributed by atoms with E-state index < -0.39 is 26.6 Å². The Balaban J connectivity index is 4.20. The predicted octanol–water partition coefficient (Wildman–Crippen LogP) is 24.0. The van der Waals surface area contributed by atoms with Gasteiger partial charge >= 0.3 is 0 Å². The molecule has 0 aromatic rings. The summed E-state index contributed by atoms with van der Waals surface area (Å²) in [6.45, 7) is 4.50. The van der Waals surface area contributed by atoms with Gasteiger partial charge in [-0.15, -0.1) is 0 Å². The number of hydrogen-bond donors (Lipinski definition) is 2. The Bertz CT molecular complexity index is 2110. The number of rotatable bonds is 67. The molecule has 0 saturated heterocycles. The highest BCUT2D eigenvalue weighted by molar-refractivity contribution is 7.45. The Morgan fingerprint density at radius 2 is 0.674 bits per heavy atom. The van der Waals surface area contributed by atoms with Crippen LogP contribution in [-0.2, 0) is 18.4 Å². The average Bonchev–Trinajstić information content (AvgIpc) is 2.63. The molecule has 0 bridgehead atoms. The molecule has 524 valence electrons. The maximum absolute atomic E-state index is 13.0. The van der Waals surface area contributed by atoms with Crippen LogP contribution in [0.5, 0.6) is 0 Å². The number of hydrogen-bond acceptors (Lipinski definition) is 6. The van der Waals surface area contributed by atoms with Crippen molar-refractivity contribution in [2.75, 3.05) is 40.9 Å². The van der Waals surface area contributed by atoms with Crippen LogP contribution < -0.4 is 10.2 Å². The number of amides is 1. The number of phosphoric acid groups is 1. The molecule has 3 atom stereocenters. The summed E-state index contributed by atoms with van der Waals surface area (Å²) in [4.78, 5) is 25.7. The van der Waals surface area contributed by atoms with Gasteiger partial charge < -0.3 is 28.8 Å². The minimum Gasteiger partial charge on any atom is -0.756 e. The predicted molar refractivity (Wildman–Crippen MR) is 403 cm³/mol. The van der Waals surface area contributed by atoms with Gasteiger partial charge in [0.1, 0.15) is 13.2 Å². The van der Waals surface area contributed by atoms with Crippen molar-refractivity contribution in [2.45, 2.75) is 309 Å². The van der Waals surface area contributed by atoms with Crippen LogP contribution in [0.4, 0.5) is 0 Å². The van der Waals surface area contributed by atoms with Gasteiger partial charge in [0.15, 0.2) is 0 Å². The van der Waals surface area contributed by atoms with Crippen LogP contribution in [0.1, 0.15) is 296 Å². The lowest BCUT2D eigenvalue weighted by molar-refractivity contribution is -0.870. The van der Waals surface area contributed by atoms with Gasteiger partial charge in [-0.25, -0.2) is 0 Å². The Morgan fingerprint density at radius 1 is 0.391 bits per heavy atom. The van der Waals surface area contributed by atoms with Crippen LogP contribution in [0.3, 0.4) is 0 Å². The topological polar surface area (TPSA) is 108 Å². The first-order valence-corrected chi connectivity index (χ1v) is 39.0. The Hall–Kier alpha value is -4.14. The fraction of sp³-hybridized carbons (Fsp3) is 0.651. The number of allylic oxidation sites excluding steroid dienone is 27. The number of likely N-dealkylation sites (N-methyl/N-ethyl adjacent to an activating group) is 1. The summed E-state index contributed by atoms with van der Waals surface area (Å²) in [6.07, 6.45) is 112. The summed E-state index contributed by atoms with van der Waals surface area (Å²) < 4.78 is 23.4. The lowest BCUT2D eigenvalue weighted by atomic mass is 10.0. The second-order valence-electron chi connectivity index (χ2n) is 25.9. The zero-order chi connectivity index (χ0) is 66.9. The largest absolute Gasteiger partial charge is 0.756 e. The van der Waals surface area contributed by atoms with Gasteiger partial charge in [-0.3, -0.25) is 9.36 Å². The molecule has 2 N–H and O–H groups in total. The molecule has 1 amide bonds. The molecule has 0 heterocycles. The molecule has 0 aromatic heterocycles. The van der Waals surface area contributed by atoms with Crippen LogP contribution in [0.15, 0.2) is 170 Å². The molecule has 3 unspecified atom stereocenters. The molecular weight excluding hydrogens is 1150 g/mol. The summed E-state index contributed by atoms with van der Waals surface area (Å²) >= 11 is 0. The quantitative estimate of drug-likeness (QED) is 0.0272. The van der Waals surface area contributed by atoms with Gasteiger partial charge in [-0.05, 0) is 128 Å². The van der Waals surface area contributed by atoms with Crippen molar-refractivity contribution in [3.8, 4) is 0 Å². The first kappa shape index (κ1) is 87.9. The van der Waals surface area contributed by atoms with E-state index in [4.69, 9.17) is 9.05 Å². The lowest BCUT2D eigenvalue weighted by Crippen LogP contribution is -2.45. The normalized spacial score (nSPS) is 14.6. The van der Waals surface area contributed by atoms with E-state index in [0.717, 1.165) is 128 Å². The van der Waals surface area contributed by atoms with Crippen molar-refractivity contribution in [1.29, 1.82) is 0 Å². The van der Waals surface area contributed by atoms with Gasteiger partial charge in [0.05, 0.1) is 39.9 Å². The molecule has 0 radical (unpaired) electrons. The molecule has 8 nitrogen and oxygen atoms in total. The van der Waals surface area contributed by atoms with Gasteiger partial charge in [-0.1, -0.05) is 332 Å². The van der Waals surface area contributed by atoms with Crippen LogP contribution in [-0.4, -0.2) is 68.5 Å². The monoisotopic (exact) mass is 1290 g/mol. The fourth-order valence-electron chi connectivity index (χ4n) is 10.1. The summed E-state index contributed by atoms with van der Waals surface area (Å²) in [5, 5.41) is 13.9. The minimum absolute atomic E-state index is 0.0198. The summed E-state index contributed by atoms with van der Waals surface area (Å²) in [5.41, 5.74) is 0. The average molecular weight is 1290 g/mol. The number of carbonyl (C=O) groups is 1. The van der Waals surface area contributed by atoms with E-state index in [0.29, 0.717) is 17.4 Å². The van der Waals surface area contributed by atoms with Crippen LogP contribution in [0, 0.1) is 0 Å². The molecule has 0 rings (SSSR count). The number of carbonyl (C=O) groups excluding carboxylic acids is 1. The van der Waals surface area contributed by atoms with Crippen molar-refractivity contribution in [1.82, 2.24) is 5.32 Å². The second-order valence-corrected chi connectivity index (χ2v) is 27.3. The number of nitrogens with zero attached hydrogens (tertiary/aromatic N) is 1. The van der Waals surface area contributed by atoms with E-state index in [1.54, 1.807) is 6.08 Å². The molecule has 0 saturated carbocycles. The van der Waals surface area contributed by atoms with Crippen LogP contribution in [0.2, 0.25) is 0 Å². The molecule has 9 heteroatoms. The van der Waals surface area contributed by atoms with Crippen molar-refractivity contribution in [3.05, 3.63) is 170 Å². The van der Waals surface area contributed by atoms with Crippen molar-refractivity contribution in [3.63, 3.8) is 0 Å². The van der Waals surface area contributed by atoms with E-state index in [9.17, 15) is 19.4 Å². The maximum atomic E-state index is 13.0. The standard InChI is InChI=1S/C83H141N2O6P/c1-6-8-10-12-14-16-18-20-22-24-26-28-30-32-34-36-37-38-39-40-41-42-43-44-45-46-47-49-51-53-55-57-59-61-63-65-67-69-71-73-75-77-83(87)84-81(80-91-92(88,89)90-79-78-85(3,4)5)82(86)76-74-72-70-68-66-64-62-60-58-56-54-52-50-48-35-33-31-29-27-25-23-21-19-17-15-13-11-9-7-2/h8,10,14,16,20,22,26,28,32,34,37-38,40-41,43-44,46-47,51,53,57-60,66,68,74,76,81-82,86H,6-7,9,11-13,15,17-19,21,23-25,27,29-31,33,35-36,39,42,45,48-50,52,54-56,61-65,67,69-73,75,77-80H2,1-5H3,(H-,84,87,88,89)/b10-8-,16-14-,22-20-,28-26-,34-32-,38-37-,41-40-,44-43-,47-46-,53-51-,59-57-,60-58+,68-66+,76-74+. The molecule has 0 spiro atoms. The molecular formula is C83H141N2O6P. The highest BCUT2D eigenvalue weighted by Gasteiger charge is 2.23. The zero-order valence-corrected chi connectivity index (χ0v) is 60.8. The highest BCUT2D eigenvalue weighted by Crippen LogP contribution is 2.38. The number of aliphatic hydroxyl groups excluding tert-OH is 1. The number of nitrogens with one attached hydrogen (secondary N) is 1. The number of unbranched alkanes of at least 4 members (excludes halogenated alkanes) is 28. The Kier molecular flexibility index (Phi) is 68.0. The van der Waals surface area contributed by atoms with Crippen molar-refractivity contribution >= 4 is 13.7 Å². The molecule has 0 aliphatic heterocycles. The molecule has 0 aliphatic carbocycles. The Morgan fingerprint density at radius 3 is 1.01 bits per heavy atom. The first-order chi connectivity index (χ1) is 45.0. The van der Waals surface area contributed by atoms with Gasteiger partial charge in [0, 0.05) is 6.42 Å². The molecule has 92 heavy (non-hydrogen) atoms. The minimum atomic E-state index is -4.63. The van der Waals surface area contributed by atoms with Gasteiger partial charge in [-0.2, -0.15) is 0 Å². The van der Waals surface area contributed by atoms with E-state index >= 15 is 0 Å². The number of aliphatic hydroxyl groups is 1. The molecule has 0 aliphatic rings. The SMILES string of the molecule is CC/C=C\C/C=C\C/C=C\C/C=C\C/C=C\C/C=C\C/C=C\C/C=C\C/C=C\C/C=C\C/C=C\CCCCCCCCCC(=O)NC(COP(=O)([O-])OCC[N+](C)(C)C)C(O)/C=C/CC/C=C/CC/C=C/CCCCCCCCCCCCCCCCCCCCC. The van der Waals surface area contributed by atoms with E-state index in [2.05, 4.69) is 177 Å². The smallest absolute Gasteiger partial charge is 0.268 e. The molecule has 0 aromatic carbocycles. The summed E-state index contributed by atoms with van der Waals surface area (Å²) in [6, 6.07) is -0.931. The number of phosphoric ester groups is 1. The third-order valence-electron chi connectivity index (χ3n) is 15.9. The van der Waals surface area contributed by atoms with Gasteiger partial charge in [0.2, 0.25) is 5.91 Å². The molecule has 0 fully saturated rings. The van der Waals surface area contributed by atoms with E-state index in [1.165, 1.54) is 148 Å². The third kappa shape index (κ3) is 73.3. The Labute approximate surface area is 568 Å². The van der Waals surface area contributed by atoms with E-state index in [-0.39, 0.29) is 12.5 Å². The van der Waals surface area contributed by atoms with Crippen molar-refractivity contribution < 1.29 is 32.9 Å². The first-order valence-electron chi connectivity index (χ1n) is 37.5. The van der Waals surface area contributed by atoms with Crippen LogP contribution >= 0.6 is 7.82 Å². The zero-order valence-electron chi connectivity index (χ0n) is 59.9.